The van der Waals surface area contributed by atoms with Crippen LogP contribution in [0.5, 0.6) is 0 Å². The van der Waals surface area contributed by atoms with Crippen LogP contribution in [0.25, 0.3) is 0 Å². The standard InChI is InChI=1S/C13H24N4O4/c1-10(2)15-7-12(20)17(4)9-13(21)16(3)8-11(19)14-5-6-18/h6,10,15H,5,7-9H2,1-4H3,(H,14,19). The van der Waals surface area contributed by atoms with Gasteiger partial charge in [-0.15, -0.1) is 0 Å². The maximum absolute atomic E-state index is 11.9. The maximum Gasteiger partial charge on any atom is 0.242 e. The number of aldehydes is 1. The van der Waals surface area contributed by atoms with E-state index in [0.717, 1.165) is 0 Å². The van der Waals surface area contributed by atoms with Gasteiger partial charge in [0.15, 0.2) is 0 Å². The predicted octanol–water partition coefficient (Wildman–Crippen LogP) is -1.78. The summed E-state index contributed by atoms with van der Waals surface area (Å²) in [6, 6.07) is 0.183. The second kappa shape index (κ2) is 9.87. The minimum absolute atomic E-state index is 0.0832. The quantitative estimate of drug-likeness (QED) is 0.490. The molecule has 0 spiro atoms. The van der Waals surface area contributed by atoms with E-state index in [1.165, 1.54) is 23.9 Å². The number of hydrogen-bond acceptors (Lipinski definition) is 5. The van der Waals surface area contributed by atoms with Crippen LogP contribution in [0.1, 0.15) is 13.8 Å². The Hall–Kier alpha value is -1.96. The highest BCUT2D eigenvalue weighted by Crippen LogP contribution is 1.91. The average Bonchev–Trinajstić information content (AvgIpc) is 2.41. The van der Waals surface area contributed by atoms with Crippen LogP contribution in [0, 0.1) is 0 Å². The zero-order chi connectivity index (χ0) is 16.4. The lowest BCUT2D eigenvalue weighted by atomic mass is 10.3. The van der Waals surface area contributed by atoms with Gasteiger partial charge in [-0.05, 0) is 0 Å². The second-order valence-corrected chi connectivity index (χ2v) is 5.01. The number of likely N-dealkylation sites (N-methyl/N-ethyl adjacent to an activating group) is 2. The lowest BCUT2D eigenvalue weighted by molar-refractivity contribution is -0.139. The number of nitrogens with one attached hydrogen (secondary N) is 2. The fourth-order valence-electron chi connectivity index (χ4n) is 1.35. The summed E-state index contributed by atoms with van der Waals surface area (Å²) in [6.45, 7) is 3.66. The summed E-state index contributed by atoms with van der Waals surface area (Å²) in [4.78, 5) is 47.6. The minimum Gasteiger partial charge on any atom is -0.348 e. The summed E-state index contributed by atoms with van der Waals surface area (Å²) >= 11 is 0. The Labute approximate surface area is 124 Å². The number of hydrogen-bond donors (Lipinski definition) is 2. The number of amides is 3. The molecule has 0 bridgehead atoms. The fourth-order valence-corrected chi connectivity index (χ4v) is 1.35. The highest BCUT2D eigenvalue weighted by Gasteiger charge is 2.17. The van der Waals surface area contributed by atoms with Crippen LogP contribution >= 0.6 is 0 Å². The van der Waals surface area contributed by atoms with Crippen molar-refractivity contribution in [1.29, 1.82) is 0 Å². The van der Waals surface area contributed by atoms with Gasteiger partial charge in [0, 0.05) is 20.1 Å². The third-order valence-electron chi connectivity index (χ3n) is 2.65. The molecule has 0 aromatic carbocycles. The Morgan fingerprint density at radius 3 is 2.14 bits per heavy atom. The van der Waals surface area contributed by atoms with Crippen molar-refractivity contribution in [2.75, 3.05) is 40.3 Å². The van der Waals surface area contributed by atoms with E-state index in [2.05, 4.69) is 10.6 Å². The molecule has 0 aromatic rings. The van der Waals surface area contributed by atoms with E-state index < -0.39 is 5.91 Å². The molecular formula is C13H24N4O4. The summed E-state index contributed by atoms with van der Waals surface area (Å²) in [6.07, 6.45) is 0.563. The SMILES string of the molecule is CC(C)NCC(=O)N(C)CC(=O)N(C)CC(=O)NCC=O. The second-order valence-electron chi connectivity index (χ2n) is 5.01. The molecule has 0 unspecified atom stereocenters. The van der Waals surface area contributed by atoms with Crippen LogP contribution in [-0.2, 0) is 19.2 Å². The summed E-state index contributed by atoms with van der Waals surface area (Å²) < 4.78 is 0. The first-order valence-electron chi connectivity index (χ1n) is 6.69. The number of carbonyl (C=O) groups is 4. The Morgan fingerprint density at radius 1 is 1.05 bits per heavy atom. The molecule has 8 nitrogen and oxygen atoms in total. The Kier molecular flexibility index (Phi) is 8.95. The molecule has 0 aliphatic carbocycles. The van der Waals surface area contributed by atoms with Crippen LogP contribution in [0.15, 0.2) is 0 Å². The molecular weight excluding hydrogens is 276 g/mol. The van der Waals surface area contributed by atoms with Crippen LogP contribution in [0.4, 0.5) is 0 Å². The highest BCUT2D eigenvalue weighted by molar-refractivity contribution is 5.88. The molecule has 0 radical (unpaired) electrons. The van der Waals surface area contributed by atoms with Crippen LogP contribution in [-0.4, -0.2) is 80.1 Å². The molecule has 21 heavy (non-hydrogen) atoms. The average molecular weight is 300 g/mol. The molecule has 0 rings (SSSR count). The van der Waals surface area contributed by atoms with E-state index in [-0.39, 0.29) is 44.0 Å². The molecule has 0 aromatic heterocycles. The molecule has 0 aliphatic rings. The monoisotopic (exact) mass is 300 g/mol. The maximum atomic E-state index is 11.9. The summed E-state index contributed by atoms with van der Waals surface area (Å²) in [5.74, 6) is -0.971. The van der Waals surface area contributed by atoms with Gasteiger partial charge in [0.1, 0.15) is 6.29 Å². The number of rotatable bonds is 9. The largest absolute Gasteiger partial charge is 0.348 e. The molecule has 0 fully saturated rings. The molecule has 8 heteroatoms. The van der Waals surface area contributed by atoms with Crippen molar-refractivity contribution in [2.24, 2.45) is 0 Å². The molecule has 0 aliphatic heterocycles. The summed E-state index contributed by atoms with van der Waals surface area (Å²) in [7, 11) is 3.00. The van der Waals surface area contributed by atoms with Gasteiger partial charge in [0.25, 0.3) is 0 Å². The number of carbonyl (C=O) groups excluding carboxylic acids is 4. The van der Waals surface area contributed by atoms with E-state index in [4.69, 9.17) is 0 Å². The van der Waals surface area contributed by atoms with Crippen molar-refractivity contribution >= 4 is 24.0 Å². The summed E-state index contributed by atoms with van der Waals surface area (Å²) in [5.41, 5.74) is 0. The van der Waals surface area contributed by atoms with Gasteiger partial charge in [-0.2, -0.15) is 0 Å². The molecule has 120 valence electrons. The van der Waals surface area contributed by atoms with Gasteiger partial charge < -0.3 is 25.2 Å². The lowest BCUT2D eigenvalue weighted by Crippen LogP contribution is -2.46. The van der Waals surface area contributed by atoms with Crippen LogP contribution in [0.2, 0.25) is 0 Å². The molecule has 0 heterocycles. The lowest BCUT2D eigenvalue weighted by Gasteiger charge is -2.22. The van der Waals surface area contributed by atoms with Gasteiger partial charge in [-0.1, -0.05) is 13.8 Å². The van der Waals surface area contributed by atoms with Crippen molar-refractivity contribution in [2.45, 2.75) is 19.9 Å². The summed E-state index contributed by atoms with van der Waals surface area (Å²) in [5, 5.41) is 5.31. The first-order valence-corrected chi connectivity index (χ1v) is 6.69. The van der Waals surface area contributed by atoms with Gasteiger partial charge >= 0.3 is 0 Å². The molecule has 0 atom stereocenters. The fraction of sp³-hybridized carbons (Fsp3) is 0.692. The zero-order valence-electron chi connectivity index (χ0n) is 13.0. The topological polar surface area (TPSA) is 98.8 Å². The van der Waals surface area contributed by atoms with Crippen molar-refractivity contribution in [3.63, 3.8) is 0 Å². The molecule has 0 saturated heterocycles. The van der Waals surface area contributed by atoms with Gasteiger partial charge in [0.05, 0.1) is 26.2 Å². The van der Waals surface area contributed by atoms with E-state index in [0.29, 0.717) is 6.29 Å². The van der Waals surface area contributed by atoms with E-state index >= 15 is 0 Å². The van der Waals surface area contributed by atoms with Crippen molar-refractivity contribution in [3.8, 4) is 0 Å². The van der Waals surface area contributed by atoms with E-state index in [1.54, 1.807) is 0 Å². The van der Waals surface area contributed by atoms with Crippen LogP contribution < -0.4 is 10.6 Å². The molecule has 2 N–H and O–H groups in total. The third kappa shape index (κ3) is 8.74. The van der Waals surface area contributed by atoms with E-state index in [9.17, 15) is 19.2 Å². The Bertz CT molecular complexity index is 384. The normalized spacial score (nSPS) is 10.1. The van der Waals surface area contributed by atoms with Gasteiger partial charge in [0.2, 0.25) is 17.7 Å². The third-order valence-corrected chi connectivity index (χ3v) is 2.65. The van der Waals surface area contributed by atoms with Gasteiger partial charge in [-0.3, -0.25) is 14.4 Å². The number of nitrogens with zero attached hydrogens (tertiary/aromatic N) is 2. The Balaban J connectivity index is 4.18. The first kappa shape index (κ1) is 19.0. The van der Waals surface area contributed by atoms with Gasteiger partial charge in [-0.25, -0.2) is 0 Å². The minimum atomic E-state index is -0.423. The molecule has 0 saturated carbocycles. The first-order chi connectivity index (χ1) is 9.77. The zero-order valence-corrected chi connectivity index (χ0v) is 13.0. The van der Waals surface area contributed by atoms with Crippen molar-refractivity contribution in [1.82, 2.24) is 20.4 Å². The Morgan fingerprint density at radius 2 is 1.62 bits per heavy atom. The van der Waals surface area contributed by atoms with Crippen molar-refractivity contribution in [3.05, 3.63) is 0 Å². The molecule has 3 amide bonds. The van der Waals surface area contributed by atoms with E-state index in [1.807, 2.05) is 13.8 Å². The predicted molar refractivity (Wildman–Crippen MR) is 77.5 cm³/mol. The smallest absolute Gasteiger partial charge is 0.242 e. The van der Waals surface area contributed by atoms with Crippen LogP contribution in [0.3, 0.4) is 0 Å². The highest BCUT2D eigenvalue weighted by atomic mass is 16.2. The van der Waals surface area contributed by atoms with Crippen molar-refractivity contribution < 1.29 is 19.2 Å².